The van der Waals surface area contributed by atoms with Gasteiger partial charge in [-0.15, -0.1) is 0 Å². The van der Waals surface area contributed by atoms with Gasteiger partial charge in [-0.3, -0.25) is 4.79 Å². The Labute approximate surface area is 108 Å². The molecule has 3 nitrogen and oxygen atoms in total. The number of rotatable bonds is 3. The van der Waals surface area contributed by atoms with Crippen LogP contribution in [0.5, 0.6) is 0 Å². The highest BCUT2D eigenvalue weighted by Crippen LogP contribution is 2.36. The van der Waals surface area contributed by atoms with Crippen molar-refractivity contribution in [3.63, 3.8) is 0 Å². The van der Waals surface area contributed by atoms with Crippen LogP contribution in [0.4, 0.5) is 0 Å². The first-order valence-electron chi connectivity index (χ1n) is 6.84. The summed E-state index contributed by atoms with van der Waals surface area (Å²) in [6.45, 7) is 0.563. The molecule has 1 aromatic rings. The highest BCUT2D eigenvalue weighted by Gasteiger charge is 2.38. The standard InChI is InChI=1S/C15H20N2O/c16-10-15(7-3-4-8-15)17-14(18)13-9-11-5-1-2-6-12(11)13/h1-2,5-6,13H,3-4,7-10,16H2,(H,17,18). The van der Waals surface area contributed by atoms with Crippen LogP contribution in [0.2, 0.25) is 0 Å². The van der Waals surface area contributed by atoms with Crippen molar-refractivity contribution in [2.45, 2.75) is 43.6 Å². The minimum atomic E-state index is -0.123. The zero-order chi connectivity index (χ0) is 12.6. The molecule has 3 rings (SSSR count). The number of nitrogens with two attached hydrogens (primary N) is 1. The second-order valence-corrected chi connectivity index (χ2v) is 5.64. The molecule has 3 heteroatoms. The SMILES string of the molecule is NCC1(NC(=O)C2Cc3ccccc32)CCCC1. The van der Waals surface area contributed by atoms with Gasteiger partial charge in [0, 0.05) is 6.54 Å². The van der Waals surface area contributed by atoms with Crippen molar-refractivity contribution in [2.75, 3.05) is 6.54 Å². The molecule has 1 fully saturated rings. The van der Waals surface area contributed by atoms with Crippen LogP contribution in [0.1, 0.15) is 42.7 Å². The average Bonchev–Trinajstić information content (AvgIpc) is 2.80. The molecular formula is C15H20N2O. The topological polar surface area (TPSA) is 55.1 Å². The lowest BCUT2D eigenvalue weighted by atomic mass is 9.76. The molecule has 96 valence electrons. The Bertz CT molecular complexity index is 463. The lowest BCUT2D eigenvalue weighted by Gasteiger charge is -2.35. The smallest absolute Gasteiger partial charge is 0.228 e. The second kappa shape index (κ2) is 4.39. The predicted octanol–water partition coefficient (Wildman–Crippen LogP) is 1.71. The van der Waals surface area contributed by atoms with Gasteiger partial charge < -0.3 is 11.1 Å². The normalized spacial score (nSPS) is 24.2. The van der Waals surface area contributed by atoms with Crippen LogP contribution in [0.3, 0.4) is 0 Å². The van der Waals surface area contributed by atoms with Crippen LogP contribution in [0, 0.1) is 0 Å². The quantitative estimate of drug-likeness (QED) is 0.850. The fraction of sp³-hybridized carbons (Fsp3) is 0.533. The molecule has 0 aliphatic heterocycles. The summed E-state index contributed by atoms with van der Waals surface area (Å²) in [4.78, 5) is 12.3. The van der Waals surface area contributed by atoms with Gasteiger partial charge >= 0.3 is 0 Å². The first kappa shape index (κ1) is 11.7. The van der Waals surface area contributed by atoms with E-state index in [4.69, 9.17) is 5.73 Å². The number of nitrogens with one attached hydrogen (secondary N) is 1. The largest absolute Gasteiger partial charge is 0.349 e. The van der Waals surface area contributed by atoms with Gasteiger partial charge in [-0.1, -0.05) is 37.1 Å². The number of carbonyl (C=O) groups excluding carboxylic acids is 1. The van der Waals surface area contributed by atoms with E-state index in [1.54, 1.807) is 0 Å². The zero-order valence-electron chi connectivity index (χ0n) is 10.6. The monoisotopic (exact) mass is 244 g/mol. The second-order valence-electron chi connectivity index (χ2n) is 5.64. The van der Waals surface area contributed by atoms with Crippen LogP contribution < -0.4 is 11.1 Å². The lowest BCUT2D eigenvalue weighted by Crippen LogP contribution is -2.54. The molecule has 0 saturated heterocycles. The van der Waals surface area contributed by atoms with E-state index in [1.807, 2.05) is 12.1 Å². The lowest BCUT2D eigenvalue weighted by molar-refractivity contribution is -0.124. The molecule has 0 bridgehead atoms. The summed E-state index contributed by atoms with van der Waals surface area (Å²) >= 11 is 0. The van der Waals surface area contributed by atoms with Gasteiger partial charge in [-0.05, 0) is 30.4 Å². The van der Waals surface area contributed by atoms with E-state index in [0.29, 0.717) is 6.54 Å². The van der Waals surface area contributed by atoms with Gasteiger partial charge in [0.1, 0.15) is 0 Å². The summed E-state index contributed by atoms with van der Waals surface area (Å²) in [5, 5.41) is 3.22. The molecular weight excluding hydrogens is 224 g/mol. The molecule has 1 saturated carbocycles. The first-order chi connectivity index (χ1) is 8.74. The van der Waals surface area contributed by atoms with Crippen LogP contribution in [0.25, 0.3) is 0 Å². The van der Waals surface area contributed by atoms with Crippen molar-refractivity contribution in [2.24, 2.45) is 5.73 Å². The number of fused-ring (bicyclic) bond motifs is 1. The Morgan fingerprint density at radius 3 is 2.72 bits per heavy atom. The van der Waals surface area contributed by atoms with Crippen LogP contribution in [-0.4, -0.2) is 18.0 Å². The molecule has 0 spiro atoms. The Balaban J connectivity index is 1.70. The minimum absolute atomic E-state index is 0.0465. The fourth-order valence-electron chi connectivity index (χ4n) is 3.27. The van der Waals surface area contributed by atoms with E-state index in [0.717, 1.165) is 19.3 Å². The van der Waals surface area contributed by atoms with Gasteiger partial charge in [0.05, 0.1) is 11.5 Å². The molecule has 0 aromatic heterocycles. The molecule has 18 heavy (non-hydrogen) atoms. The maximum absolute atomic E-state index is 12.3. The summed E-state index contributed by atoms with van der Waals surface area (Å²) in [7, 11) is 0. The van der Waals surface area contributed by atoms with Crippen molar-refractivity contribution >= 4 is 5.91 Å². The fourth-order valence-corrected chi connectivity index (χ4v) is 3.27. The zero-order valence-corrected chi connectivity index (χ0v) is 10.6. The van der Waals surface area contributed by atoms with E-state index in [9.17, 15) is 4.79 Å². The molecule has 0 heterocycles. The van der Waals surface area contributed by atoms with Crippen LogP contribution in [-0.2, 0) is 11.2 Å². The third kappa shape index (κ3) is 1.83. The Morgan fingerprint density at radius 2 is 2.06 bits per heavy atom. The van der Waals surface area contributed by atoms with Crippen LogP contribution in [0.15, 0.2) is 24.3 Å². The van der Waals surface area contributed by atoms with E-state index < -0.39 is 0 Å². The molecule has 2 aliphatic rings. The summed E-state index contributed by atoms with van der Waals surface area (Å²) in [6.07, 6.45) is 5.30. The maximum Gasteiger partial charge on any atom is 0.228 e. The molecule has 1 aromatic carbocycles. The third-order valence-electron chi connectivity index (χ3n) is 4.51. The third-order valence-corrected chi connectivity index (χ3v) is 4.51. The first-order valence-corrected chi connectivity index (χ1v) is 6.84. The van der Waals surface area contributed by atoms with Crippen molar-refractivity contribution in [1.82, 2.24) is 5.32 Å². The van der Waals surface area contributed by atoms with Crippen molar-refractivity contribution in [3.05, 3.63) is 35.4 Å². The van der Waals surface area contributed by atoms with Crippen molar-refractivity contribution < 1.29 is 4.79 Å². The summed E-state index contributed by atoms with van der Waals surface area (Å²) in [5.41, 5.74) is 8.24. The van der Waals surface area contributed by atoms with Gasteiger partial charge in [-0.2, -0.15) is 0 Å². The van der Waals surface area contributed by atoms with E-state index in [2.05, 4.69) is 17.4 Å². The van der Waals surface area contributed by atoms with Gasteiger partial charge in [-0.25, -0.2) is 0 Å². The van der Waals surface area contributed by atoms with Gasteiger partial charge in [0.25, 0.3) is 0 Å². The summed E-state index contributed by atoms with van der Waals surface area (Å²) < 4.78 is 0. The van der Waals surface area contributed by atoms with Crippen molar-refractivity contribution in [1.29, 1.82) is 0 Å². The number of carbonyl (C=O) groups is 1. The predicted molar refractivity (Wildman–Crippen MR) is 71.3 cm³/mol. The summed E-state index contributed by atoms with van der Waals surface area (Å²) in [6, 6.07) is 8.21. The molecule has 0 radical (unpaired) electrons. The maximum atomic E-state index is 12.3. The van der Waals surface area contributed by atoms with Gasteiger partial charge in [0.15, 0.2) is 0 Å². The molecule has 1 amide bonds. The molecule has 2 aliphatic carbocycles. The number of hydrogen-bond acceptors (Lipinski definition) is 2. The molecule has 1 unspecified atom stereocenters. The molecule has 1 atom stereocenters. The Morgan fingerprint density at radius 1 is 1.33 bits per heavy atom. The Hall–Kier alpha value is -1.35. The highest BCUT2D eigenvalue weighted by atomic mass is 16.2. The average molecular weight is 244 g/mol. The Kier molecular flexibility index (Phi) is 2.86. The minimum Gasteiger partial charge on any atom is -0.349 e. The number of hydrogen-bond donors (Lipinski definition) is 2. The summed E-state index contributed by atoms with van der Waals surface area (Å²) in [5.74, 6) is 0.214. The van der Waals surface area contributed by atoms with E-state index in [-0.39, 0.29) is 17.4 Å². The molecule has 3 N–H and O–H groups in total. The van der Waals surface area contributed by atoms with E-state index in [1.165, 1.54) is 24.0 Å². The van der Waals surface area contributed by atoms with Gasteiger partial charge in [0.2, 0.25) is 5.91 Å². The number of benzene rings is 1. The number of amides is 1. The highest BCUT2D eigenvalue weighted by molar-refractivity contribution is 5.87. The van der Waals surface area contributed by atoms with Crippen LogP contribution >= 0.6 is 0 Å². The van der Waals surface area contributed by atoms with Crippen molar-refractivity contribution in [3.8, 4) is 0 Å². The van der Waals surface area contributed by atoms with E-state index >= 15 is 0 Å².